The number of amides is 1. The van der Waals surface area contributed by atoms with Gasteiger partial charge in [0, 0.05) is 19.1 Å². The number of nitrogens with one attached hydrogen (secondary N) is 1. The average molecular weight is 322 g/mol. The van der Waals surface area contributed by atoms with Crippen LogP contribution < -0.4 is 5.32 Å². The Balaban J connectivity index is 1.72. The number of carbonyl (C=O) groups excluding carboxylic acids is 1. The van der Waals surface area contributed by atoms with Gasteiger partial charge in [-0.25, -0.2) is 8.42 Å². The van der Waals surface area contributed by atoms with Gasteiger partial charge >= 0.3 is 0 Å². The highest BCUT2D eigenvalue weighted by molar-refractivity contribution is 7.89. The molecule has 22 heavy (non-hydrogen) atoms. The van der Waals surface area contributed by atoms with Crippen molar-refractivity contribution in [2.45, 2.75) is 43.5 Å². The Bertz CT molecular complexity index is 650. The fourth-order valence-corrected chi connectivity index (χ4v) is 4.30. The number of sulfonamides is 1. The lowest BCUT2D eigenvalue weighted by Crippen LogP contribution is -2.45. The van der Waals surface area contributed by atoms with E-state index >= 15 is 0 Å². The van der Waals surface area contributed by atoms with Crippen LogP contribution in [0.15, 0.2) is 29.2 Å². The average Bonchev–Trinajstić information content (AvgIpc) is 3.32. The number of aryl methyl sites for hydroxylation is 1. The quantitative estimate of drug-likeness (QED) is 0.917. The Morgan fingerprint density at radius 1 is 1.18 bits per heavy atom. The van der Waals surface area contributed by atoms with Crippen LogP contribution in [-0.4, -0.2) is 37.8 Å². The molecule has 1 N–H and O–H groups in total. The molecule has 0 aromatic heterocycles. The zero-order chi connectivity index (χ0) is 15.7. The number of benzene rings is 1. The molecule has 1 amide bonds. The highest BCUT2D eigenvalue weighted by atomic mass is 32.2. The van der Waals surface area contributed by atoms with E-state index in [1.165, 1.54) is 4.31 Å². The van der Waals surface area contributed by atoms with E-state index in [0.717, 1.165) is 31.2 Å². The van der Waals surface area contributed by atoms with E-state index in [1.54, 1.807) is 24.3 Å². The van der Waals surface area contributed by atoms with Crippen molar-refractivity contribution >= 4 is 15.9 Å². The van der Waals surface area contributed by atoms with Crippen molar-refractivity contribution in [1.82, 2.24) is 9.62 Å². The number of rotatable bonds is 4. The zero-order valence-corrected chi connectivity index (χ0v) is 13.6. The van der Waals surface area contributed by atoms with Crippen LogP contribution >= 0.6 is 0 Å². The van der Waals surface area contributed by atoms with Crippen molar-refractivity contribution in [2.75, 3.05) is 13.1 Å². The Hall–Kier alpha value is -1.40. The van der Waals surface area contributed by atoms with Crippen LogP contribution in [0.5, 0.6) is 0 Å². The number of carbonyl (C=O) groups is 1. The first kappa shape index (κ1) is 15.5. The summed E-state index contributed by atoms with van der Waals surface area (Å²) in [6, 6.07) is 7.19. The van der Waals surface area contributed by atoms with Gasteiger partial charge in [0.2, 0.25) is 15.9 Å². The largest absolute Gasteiger partial charge is 0.353 e. The summed E-state index contributed by atoms with van der Waals surface area (Å²) in [6.07, 6.45) is 3.58. The molecule has 120 valence electrons. The van der Waals surface area contributed by atoms with Crippen molar-refractivity contribution in [3.05, 3.63) is 29.8 Å². The summed E-state index contributed by atoms with van der Waals surface area (Å²) < 4.78 is 26.8. The molecule has 6 heteroatoms. The molecule has 0 spiro atoms. The molecule has 1 saturated carbocycles. The third kappa shape index (κ3) is 3.33. The monoisotopic (exact) mass is 322 g/mol. The predicted molar refractivity (Wildman–Crippen MR) is 83.8 cm³/mol. The number of hydrogen-bond acceptors (Lipinski definition) is 3. The summed E-state index contributed by atoms with van der Waals surface area (Å²) in [7, 11) is -3.50. The van der Waals surface area contributed by atoms with Crippen LogP contribution in [0, 0.1) is 12.8 Å². The molecular formula is C16H22N2O3S. The Morgan fingerprint density at radius 3 is 2.50 bits per heavy atom. The van der Waals surface area contributed by atoms with Crippen molar-refractivity contribution in [3.63, 3.8) is 0 Å². The van der Waals surface area contributed by atoms with E-state index in [9.17, 15) is 13.2 Å². The summed E-state index contributed by atoms with van der Waals surface area (Å²) >= 11 is 0. The molecule has 3 rings (SSSR count). The molecule has 1 aromatic rings. The van der Waals surface area contributed by atoms with Gasteiger partial charge in [0.15, 0.2) is 0 Å². The lowest BCUT2D eigenvalue weighted by atomic mass is 9.99. The first-order chi connectivity index (χ1) is 10.5. The minimum Gasteiger partial charge on any atom is -0.353 e. The van der Waals surface area contributed by atoms with Gasteiger partial charge in [-0.15, -0.1) is 0 Å². The fourth-order valence-electron chi connectivity index (χ4n) is 2.78. The van der Waals surface area contributed by atoms with Gasteiger partial charge in [-0.05, 0) is 44.7 Å². The van der Waals surface area contributed by atoms with Gasteiger partial charge in [0.1, 0.15) is 0 Å². The summed E-state index contributed by atoms with van der Waals surface area (Å²) in [4.78, 5) is 12.5. The maximum atomic E-state index is 12.7. The summed E-state index contributed by atoms with van der Waals surface area (Å²) in [5.74, 6) is -0.221. The Morgan fingerprint density at radius 2 is 1.86 bits per heavy atom. The van der Waals surface area contributed by atoms with Crippen molar-refractivity contribution in [2.24, 2.45) is 5.92 Å². The minimum atomic E-state index is -3.50. The van der Waals surface area contributed by atoms with E-state index in [0.29, 0.717) is 17.5 Å². The normalized spacial score (nSPS) is 23.2. The summed E-state index contributed by atoms with van der Waals surface area (Å²) in [6.45, 7) is 2.70. The lowest BCUT2D eigenvalue weighted by molar-refractivity contribution is -0.126. The van der Waals surface area contributed by atoms with Gasteiger partial charge < -0.3 is 5.32 Å². The van der Waals surface area contributed by atoms with Gasteiger partial charge in [0.25, 0.3) is 0 Å². The van der Waals surface area contributed by atoms with Crippen molar-refractivity contribution in [3.8, 4) is 0 Å². The number of piperidine rings is 1. The highest BCUT2D eigenvalue weighted by Gasteiger charge is 2.35. The molecule has 1 aromatic carbocycles. The van der Waals surface area contributed by atoms with Crippen molar-refractivity contribution < 1.29 is 13.2 Å². The van der Waals surface area contributed by atoms with Crippen molar-refractivity contribution in [1.29, 1.82) is 0 Å². The first-order valence-corrected chi connectivity index (χ1v) is 9.28. The molecule has 1 aliphatic heterocycles. The van der Waals surface area contributed by atoms with E-state index in [2.05, 4.69) is 5.32 Å². The molecule has 1 heterocycles. The second-order valence-corrected chi connectivity index (χ2v) is 8.24. The fraction of sp³-hybridized carbons (Fsp3) is 0.562. The first-order valence-electron chi connectivity index (χ1n) is 7.84. The van der Waals surface area contributed by atoms with E-state index in [1.807, 2.05) is 6.92 Å². The molecule has 2 aliphatic rings. The SMILES string of the molecule is Cc1ccc(S(=O)(=O)N2CCC[C@@H](C(=O)NC3CC3)C2)cc1. The molecule has 1 aliphatic carbocycles. The summed E-state index contributed by atoms with van der Waals surface area (Å²) in [5.41, 5.74) is 1.03. The van der Waals surface area contributed by atoms with Crippen LogP contribution in [-0.2, 0) is 14.8 Å². The maximum Gasteiger partial charge on any atom is 0.243 e. The predicted octanol–water partition coefficient (Wildman–Crippen LogP) is 1.67. The third-order valence-corrected chi connectivity index (χ3v) is 6.22. The lowest BCUT2D eigenvalue weighted by Gasteiger charge is -2.31. The molecule has 0 unspecified atom stereocenters. The second kappa shape index (κ2) is 6.01. The molecule has 0 bridgehead atoms. The Kier molecular flexibility index (Phi) is 4.23. The smallest absolute Gasteiger partial charge is 0.243 e. The third-order valence-electron chi connectivity index (χ3n) is 4.34. The van der Waals surface area contributed by atoms with Crippen LogP contribution in [0.3, 0.4) is 0 Å². The van der Waals surface area contributed by atoms with Gasteiger partial charge in [-0.3, -0.25) is 4.79 Å². The van der Waals surface area contributed by atoms with Gasteiger partial charge in [0.05, 0.1) is 10.8 Å². The Labute approximate surface area is 131 Å². The van der Waals surface area contributed by atoms with E-state index in [4.69, 9.17) is 0 Å². The van der Waals surface area contributed by atoms with Gasteiger partial charge in [-0.1, -0.05) is 17.7 Å². The number of nitrogens with zero attached hydrogens (tertiary/aromatic N) is 1. The van der Waals surface area contributed by atoms with E-state index < -0.39 is 10.0 Å². The maximum absolute atomic E-state index is 12.7. The zero-order valence-electron chi connectivity index (χ0n) is 12.8. The van der Waals surface area contributed by atoms with E-state index in [-0.39, 0.29) is 18.4 Å². The minimum absolute atomic E-state index is 0.00584. The topological polar surface area (TPSA) is 66.5 Å². The van der Waals surface area contributed by atoms with Gasteiger partial charge in [-0.2, -0.15) is 4.31 Å². The highest BCUT2D eigenvalue weighted by Crippen LogP contribution is 2.25. The second-order valence-electron chi connectivity index (χ2n) is 6.30. The molecule has 2 fully saturated rings. The van der Waals surface area contributed by atoms with Crippen LogP contribution in [0.1, 0.15) is 31.2 Å². The molecule has 1 saturated heterocycles. The summed E-state index contributed by atoms with van der Waals surface area (Å²) in [5, 5.41) is 2.98. The molecular weight excluding hydrogens is 300 g/mol. The molecule has 0 radical (unpaired) electrons. The van der Waals surface area contributed by atoms with Crippen LogP contribution in [0.25, 0.3) is 0 Å². The van der Waals surface area contributed by atoms with Crippen LogP contribution in [0.4, 0.5) is 0 Å². The molecule has 5 nitrogen and oxygen atoms in total. The molecule has 1 atom stereocenters. The van der Waals surface area contributed by atoms with Crippen LogP contribution in [0.2, 0.25) is 0 Å². The number of hydrogen-bond donors (Lipinski definition) is 1. The standard InChI is InChI=1S/C16H22N2O3S/c1-12-4-8-15(9-5-12)22(20,21)18-10-2-3-13(11-18)16(19)17-14-6-7-14/h4-5,8-9,13-14H,2-3,6-7,10-11H2,1H3,(H,17,19)/t13-/m1/s1.